The van der Waals surface area contributed by atoms with Gasteiger partial charge in [0.2, 0.25) is 0 Å². The summed E-state index contributed by atoms with van der Waals surface area (Å²) >= 11 is 3.16. The number of fused-ring (bicyclic) bond motifs is 1. The minimum Gasteiger partial charge on any atom is -0.494 e. The van der Waals surface area contributed by atoms with E-state index in [1.165, 1.54) is 11.3 Å². The average Bonchev–Trinajstić information content (AvgIpc) is 3.20. The molecule has 3 aromatic rings. The summed E-state index contributed by atoms with van der Waals surface area (Å²) < 4.78 is 6.47. The fraction of sp³-hybridized carbons (Fsp3) is 0.364. The zero-order chi connectivity index (χ0) is 20.8. The third kappa shape index (κ3) is 4.91. The number of methoxy groups -OCH3 is 1. The lowest BCUT2D eigenvalue weighted by molar-refractivity contribution is 0.0983. The molecule has 0 bridgehead atoms. The predicted octanol–water partition coefficient (Wildman–Crippen LogP) is 5.02. The minimum absolute atomic E-state index is 0.0221. The number of hydrogen-bond donors (Lipinski definition) is 0. The Balaban J connectivity index is 1.99. The van der Waals surface area contributed by atoms with Crippen LogP contribution >= 0.6 is 23.1 Å². The Morgan fingerprint density at radius 1 is 1.14 bits per heavy atom. The van der Waals surface area contributed by atoms with Crippen LogP contribution in [-0.4, -0.2) is 55.3 Å². The maximum atomic E-state index is 13.5. The Kier molecular flexibility index (Phi) is 7.52. The van der Waals surface area contributed by atoms with Crippen molar-refractivity contribution in [3.05, 3.63) is 48.0 Å². The highest BCUT2D eigenvalue weighted by atomic mass is 32.2. The maximum Gasteiger partial charge on any atom is 0.260 e. The second-order valence-electron chi connectivity index (χ2n) is 6.52. The number of rotatable bonds is 9. The molecule has 0 saturated heterocycles. The molecule has 29 heavy (non-hydrogen) atoms. The Morgan fingerprint density at radius 3 is 2.59 bits per heavy atom. The lowest BCUT2D eigenvalue weighted by Crippen LogP contribution is -2.38. The van der Waals surface area contributed by atoms with Crippen LogP contribution in [0.4, 0.5) is 5.13 Å². The molecule has 2 aromatic carbocycles. The Hall–Kier alpha value is -2.09. The van der Waals surface area contributed by atoms with E-state index in [2.05, 4.69) is 18.7 Å². The van der Waals surface area contributed by atoms with Gasteiger partial charge >= 0.3 is 0 Å². The first kappa shape index (κ1) is 21.6. The van der Waals surface area contributed by atoms with Crippen LogP contribution in [0, 0.1) is 0 Å². The van der Waals surface area contributed by atoms with Crippen LogP contribution in [0.5, 0.6) is 5.75 Å². The van der Waals surface area contributed by atoms with Crippen molar-refractivity contribution < 1.29 is 9.53 Å². The largest absolute Gasteiger partial charge is 0.494 e. The molecule has 0 aliphatic heterocycles. The summed E-state index contributed by atoms with van der Waals surface area (Å²) in [5.74, 6) is 0.705. The number of anilines is 1. The second-order valence-corrected chi connectivity index (χ2v) is 8.41. The molecule has 154 valence electrons. The molecule has 0 fully saturated rings. The highest BCUT2D eigenvalue weighted by Crippen LogP contribution is 2.34. The van der Waals surface area contributed by atoms with Gasteiger partial charge in [-0.1, -0.05) is 37.3 Å². The number of nitrogens with zero attached hydrogens (tertiary/aromatic N) is 3. The summed E-state index contributed by atoms with van der Waals surface area (Å²) in [6, 6.07) is 13.6. The molecular weight excluding hydrogens is 402 g/mol. The molecule has 0 spiro atoms. The van der Waals surface area contributed by atoms with E-state index in [9.17, 15) is 4.79 Å². The average molecular weight is 430 g/mol. The lowest BCUT2D eigenvalue weighted by Gasteiger charge is -2.25. The van der Waals surface area contributed by atoms with Gasteiger partial charge in [0.1, 0.15) is 11.3 Å². The number of benzene rings is 2. The van der Waals surface area contributed by atoms with E-state index in [0.717, 1.165) is 40.5 Å². The Morgan fingerprint density at radius 2 is 1.90 bits per heavy atom. The molecule has 7 heteroatoms. The van der Waals surface area contributed by atoms with E-state index < -0.39 is 0 Å². The predicted molar refractivity (Wildman–Crippen MR) is 124 cm³/mol. The van der Waals surface area contributed by atoms with Gasteiger partial charge in [-0.15, -0.1) is 11.8 Å². The molecule has 1 heterocycles. The summed E-state index contributed by atoms with van der Waals surface area (Å²) in [5.41, 5.74) is 1.48. The standard InChI is InChI=1S/C22H27N3O2S2/c1-5-24(6-2)13-14-25(21(26)16-9-7-10-17(15-16)28-4)22-23-20-18(27-3)11-8-12-19(20)29-22/h7-12,15H,5-6,13-14H2,1-4H3. The third-order valence-corrected chi connectivity index (χ3v) is 6.69. The molecule has 0 unspecified atom stereocenters. The van der Waals surface area contributed by atoms with Crippen molar-refractivity contribution in [2.45, 2.75) is 18.7 Å². The molecular formula is C22H27N3O2S2. The van der Waals surface area contributed by atoms with Gasteiger partial charge < -0.3 is 9.64 Å². The summed E-state index contributed by atoms with van der Waals surface area (Å²) in [4.78, 5) is 23.4. The van der Waals surface area contributed by atoms with E-state index in [0.29, 0.717) is 17.2 Å². The molecule has 0 saturated carbocycles. The summed E-state index contributed by atoms with van der Waals surface area (Å²) in [5, 5.41) is 0.705. The zero-order valence-electron chi connectivity index (χ0n) is 17.3. The normalized spacial score (nSPS) is 11.2. The number of likely N-dealkylation sites (N-methyl/N-ethyl adjacent to an activating group) is 1. The van der Waals surface area contributed by atoms with Crippen molar-refractivity contribution >= 4 is 44.4 Å². The maximum absolute atomic E-state index is 13.5. The van der Waals surface area contributed by atoms with Crippen molar-refractivity contribution in [2.75, 3.05) is 44.4 Å². The van der Waals surface area contributed by atoms with Gasteiger partial charge in [0.05, 0.1) is 11.8 Å². The molecule has 0 N–H and O–H groups in total. The quantitative estimate of drug-likeness (QED) is 0.447. The van der Waals surface area contributed by atoms with E-state index in [-0.39, 0.29) is 5.91 Å². The van der Waals surface area contributed by atoms with Crippen molar-refractivity contribution in [3.8, 4) is 5.75 Å². The molecule has 0 aliphatic rings. The summed E-state index contributed by atoms with van der Waals surface area (Å²) in [6.45, 7) is 7.57. The minimum atomic E-state index is -0.0221. The topological polar surface area (TPSA) is 45.7 Å². The highest BCUT2D eigenvalue weighted by molar-refractivity contribution is 7.98. The number of aromatic nitrogens is 1. The molecule has 0 radical (unpaired) electrons. The van der Waals surface area contributed by atoms with Gasteiger partial charge in [-0.2, -0.15) is 0 Å². The fourth-order valence-electron chi connectivity index (χ4n) is 3.17. The highest BCUT2D eigenvalue weighted by Gasteiger charge is 2.23. The van der Waals surface area contributed by atoms with Crippen molar-refractivity contribution in [1.82, 2.24) is 9.88 Å². The Bertz CT molecular complexity index is 970. The molecule has 0 aliphatic carbocycles. The van der Waals surface area contributed by atoms with Gasteiger partial charge in [0.15, 0.2) is 5.13 Å². The zero-order valence-corrected chi connectivity index (χ0v) is 19.0. The lowest BCUT2D eigenvalue weighted by atomic mass is 10.2. The molecule has 5 nitrogen and oxygen atoms in total. The number of carbonyl (C=O) groups excluding carboxylic acids is 1. The fourth-order valence-corrected chi connectivity index (χ4v) is 4.64. The molecule has 3 rings (SSSR count). The SMILES string of the molecule is CCN(CC)CCN(C(=O)c1cccc(SC)c1)c1nc2c(OC)cccc2s1. The Labute approximate surface area is 180 Å². The van der Waals surface area contributed by atoms with Crippen LogP contribution in [0.3, 0.4) is 0 Å². The summed E-state index contributed by atoms with van der Waals surface area (Å²) in [7, 11) is 1.64. The number of thioether (sulfide) groups is 1. The first-order valence-electron chi connectivity index (χ1n) is 9.73. The van der Waals surface area contributed by atoms with Gasteiger partial charge in [-0.3, -0.25) is 9.69 Å². The van der Waals surface area contributed by atoms with E-state index in [4.69, 9.17) is 9.72 Å². The molecule has 1 amide bonds. The van der Waals surface area contributed by atoms with Gasteiger partial charge in [0, 0.05) is 23.5 Å². The number of para-hydroxylation sites is 1. The van der Waals surface area contributed by atoms with Crippen molar-refractivity contribution in [1.29, 1.82) is 0 Å². The van der Waals surface area contributed by atoms with Crippen LogP contribution in [0.1, 0.15) is 24.2 Å². The number of thiazole rings is 1. The van der Waals surface area contributed by atoms with E-state index >= 15 is 0 Å². The molecule has 1 aromatic heterocycles. The van der Waals surface area contributed by atoms with E-state index in [1.807, 2.05) is 53.6 Å². The van der Waals surface area contributed by atoms with Crippen LogP contribution in [0.15, 0.2) is 47.4 Å². The number of amides is 1. The third-order valence-electron chi connectivity index (χ3n) is 4.92. The van der Waals surface area contributed by atoms with Crippen molar-refractivity contribution in [2.24, 2.45) is 0 Å². The smallest absolute Gasteiger partial charge is 0.260 e. The van der Waals surface area contributed by atoms with Gasteiger partial charge in [-0.05, 0) is 49.7 Å². The van der Waals surface area contributed by atoms with Crippen LogP contribution in [0.25, 0.3) is 10.2 Å². The number of ether oxygens (including phenoxy) is 1. The van der Waals surface area contributed by atoms with Gasteiger partial charge in [0.25, 0.3) is 5.91 Å². The monoisotopic (exact) mass is 429 g/mol. The van der Waals surface area contributed by atoms with E-state index in [1.54, 1.807) is 18.9 Å². The number of hydrogen-bond acceptors (Lipinski definition) is 6. The van der Waals surface area contributed by atoms with Crippen LogP contribution < -0.4 is 9.64 Å². The molecule has 0 atom stereocenters. The van der Waals surface area contributed by atoms with Crippen LogP contribution in [0.2, 0.25) is 0 Å². The first-order chi connectivity index (χ1) is 14.1. The summed E-state index contributed by atoms with van der Waals surface area (Å²) in [6.07, 6.45) is 2.02. The first-order valence-corrected chi connectivity index (χ1v) is 11.8. The van der Waals surface area contributed by atoms with Gasteiger partial charge in [-0.25, -0.2) is 4.98 Å². The second kappa shape index (κ2) is 10.1. The van der Waals surface area contributed by atoms with Crippen LogP contribution in [-0.2, 0) is 0 Å². The number of carbonyl (C=O) groups is 1. The van der Waals surface area contributed by atoms with Crippen molar-refractivity contribution in [3.63, 3.8) is 0 Å².